The molecule has 8 nitrogen and oxygen atoms in total. The Hall–Kier alpha value is -1.71. The van der Waals surface area contributed by atoms with E-state index in [1.54, 1.807) is 0 Å². The van der Waals surface area contributed by atoms with Gasteiger partial charge in [-0.3, -0.25) is 10.1 Å². The first-order chi connectivity index (χ1) is 9.38. The topological polar surface area (TPSA) is 127 Å². The van der Waals surface area contributed by atoms with Gasteiger partial charge in [0.1, 0.15) is 5.69 Å². The monoisotopic (exact) mass is 300 g/mol. The van der Waals surface area contributed by atoms with E-state index in [0.29, 0.717) is 19.1 Å². The molecule has 0 radical (unpaired) electrons. The molecule has 4 N–H and O–H groups in total. The number of nitro groups is 1. The van der Waals surface area contributed by atoms with Gasteiger partial charge >= 0.3 is 0 Å². The minimum Gasteiger partial charge on any atom is -0.378 e. The van der Waals surface area contributed by atoms with Crippen LogP contribution in [0.1, 0.15) is 12.8 Å². The Morgan fingerprint density at radius 3 is 2.60 bits per heavy atom. The molecule has 1 aromatic carbocycles. The van der Waals surface area contributed by atoms with E-state index in [0.717, 1.165) is 6.07 Å². The maximum absolute atomic E-state index is 11.2. The average molecular weight is 300 g/mol. The molecule has 1 aliphatic rings. The van der Waals surface area contributed by atoms with Crippen LogP contribution in [0.5, 0.6) is 0 Å². The van der Waals surface area contributed by atoms with Crippen molar-refractivity contribution in [2.24, 2.45) is 5.14 Å². The molecule has 1 aliphatic carbocycles. The number of sulfonamides is 1. The number of rotatable bonds is 7. The molecule has 0 unspecified atom stereocenters. The fraction of sp³-hybridized carbons (Fsp3) is 0.455. The molecule has 9 heteroatoms. The molecule has 1 saturated carbocycles. The normalized spacial score (nSPS) is 15.1. The van der Waals surface area contributed by atoms with Crippen molar-refractivity contribution in [2.75, 3.05) is 18.4 Å². The predicted molar refractivity (Wildman–Crippen MR) is 74.0 cm³/mol. The Morgan fingerprint density at radius 2 is 2.05 bits per heavy atom. The molecule has 0 aliphatic heterocycles. The lowest BCUT2D eigenvalue weighted by molar-refractivity contribution is -0.384. The average Bonchev–Trinajstić information content (AvgIpc) is 3.17. The first-order valence-electron chi connectivity index (χ1n) is 6.16. The highest BCUT2D eigenvalue weighted by atomic mass is 32.2. The maximum Gasteiger partial charge on any atom is 0.293 e. The Kier molecular flexibility index (Phi) is 4.21. The number of benzene rings is 1. The smallest absolute Gasteiger partial charge is 0.293 e. The van der Waals surface area contributed by atoms with E-state index in [2.05, 4.69) is 10.6 Å². The van der Waals surface area contributed by atoms with E-state index in [1.807, 2.05) is 0 Å². The molecule has 0 aromatic heterocycles. The van der Waals surface area contributed by atoms with Gasteiger partial charge in [-0.05, 0) is 25.0 Å². The number of nitro benzene ring substituents is 1. The summed E-state index contributed by atoms with van der Waals surface area (Å²) in [4.78, 5) is 10.1. The van der Waals surface area contributed by atoms with Gasteiger partial charge in [-0.25, -0.2) is 13.6 Å². The van der Waals surface area contributed by atoms with Crippen molar-refractivity contribution in [3.05, 3.63) is 28.3 Å². The van der Waals surface area contributed by atoms with Crippen LogP contribution in [0.3, 0.4) is 0 Å². The van der Waals surface area contributed by atoms with Gasteiger partial charge in [0.25, 0.3) is 5.69 Å². The van der Waals surface area contributed by atoms with Gasteiger partial charge < -0.3 is 10.6 Å². The van der Waals surface area contributed by atoms with Crippen molar-refractivity contribution in [1.82, 2.24) is 5.32 Å². The van der Waals surface area contributed by atoms with E-state index in [1.165, 1.54) is 25.0 Å². The summed E-state index contributed by atoms with van der Waals surface area (Å²) in [6.45, 7) is 1.21. The summed E-state index contributed by atoms with van der Waals surface area (Å²) in [7, 11) is -3.95. The van der Waals surface area contributed by atoms with E-state index >= 15 is 0 Å². The highest BCUT2D eigenvalue weighted by Crippen LogP contribution is 2.27. The second-order valence-corrected chi connectivity index (χ2v) is 6.20. The standard InChI is InChI=1S/C11H16N4O4S/c12-20(18,19)9-3-4-10(11(7-9)15(16)17)14-6-5-13-8-1-2-8/h3-4,7-8,13-14H,1-2,5-6H2,(H2,12,18,19). The lowest BCUT2D eigenvalue weighted by Gasteiger charge is -2.08. The third-order valence-electron chi connectivity index (χ3n) is 2.95. The van der Waals surface area contributed by atoms with Crippen molar-refractivity contribution in [2.45, 2.75) is 23.8 Å². The highest BCUT2D eigenvalue weighted by molar-refractivity contribution is 7.89. The Morgan fingerprint density at radius 1 is 1.35 bits per heavy atom. The molecule has 0 atom stereocenters. The van der Waals surface area contributed by atoms with Gasteiger partial charge in [-0.2, -0.15) is 0 Å². The number of nitrogens with two attached hydrogens (primary N) is 1. The molecule has 1 fully saturated rings. The molecule has 20 heavy (non-hydrogen) atoms. The second kappa shape index (κ2) is 5.73. The number of hydrogen-bond donors (Lipinski definition) is 3. The van der Waals surface area contributed by atoms with E-state index < -0.39 is 14.9 Å². The molecule has 0 spiro atoms. The number of primary sulfonamides is 1. The zero-order valence-electron chi connectivity index (χ0n) is 10.7. The van der Waals surface area contributed by atoms with Gasteiger partial charge in [0.05, 0.1) is 9.82 Å². The molecular formula is C11H16N4O4S. The van der Waals surface area contributed by atoms with Gasteiger partial charge in [-0.1, -0.05) is 0 Å². The van der Waals surface area contributed by atoms with Gasteiger partial charge in [0.2, 0.25) is 10.0 Å². The molecule has 0 heterocycles. The first kappa shape index (κ1) is 14.7. The predicted octanol–water partition coefficient (Wildman–Crippen LogP) is 0.406. The largest absolute Gasteiger partial charge is 0.378 e. The van der Waals surface area contributed by atoms with E-state index in [9.17, 15) is 18.5 Å². The van der Waals surface area contributed by atoms with Crippen LogP contribution in [0.25, 0.3) is 0 Å². The highest BCUT2D eigenvalue weighted by Gasteiger charge is 2.21. The van der Waals surface area contributed by atoms with Gasteiger partial charge in [0.15, 0.2) is 0 Å². The SMILES string of the molecule is NS(=O)(=O)c1ccc(NCCNC2CC2)c([N+](=O)[O-])c1. The summed E-state index contributed by atoms with van der Waals surface area (Å²) in [5, 5.41) is 22.1. The summed E-state index contributed by atoms with van der Waals surface area (Å²) in [5.74, 6) is 0. The summed E-state index contributed by atoms with van der Waals surface area (Å²) in [5.41, 5.74) is -0.0251. The fourth-order valence-electron chi connectivity index (χ4n) is 1.75. The zero-order valence-corrected chi connectivity index (χ0v) is 11.5. The second-order valence-electron chi connectivity index (χ2n) is 4.64. The summed E-state index contributed by atoms with van der Waals surface area (Å²) < 4.78 is 22.4. The fourth-order valence-corrected chi connectivity index (χ4v) is 2.28. The van der Waals surface area contributed by atoms with Crippen LogP contribution < -0.4 is 15.8 Å². The van der Waals surface area contributed by atoms with Crippen LogP contribution in [0.15, 0.2) is 23.1 Å². The quantitative estimate of drug-likeness (QED) is 0.380. The van der Waals surface area contributed by atoms with E-state index in [-0.39, 0.29) is 16.3 Å². The van der Waals surface area contributed by atoms with Crippen molar-refractivity contribution < 1.29 is 13.3 Å². The summed E-state index contributed by atoms with van der Waals surface area (Å²) >= 11 is 0. The van der Waals surface area contributed by atoms with Crippen LogP contribution in [-0.4, -0.2) is 32.5 Å². The van der Waals surface area contributed by atoms with Crippen LogP contribution in [0.2, 0.25) is 0 Å². The Bertz CT molecular complexity index is 613. The summed E-state index contributed by atoms with van der Waals surface area (Å²) in [6.07, 6.45) is 2.34. The molecule has 0 saturated heterocycles. The van der Waals surface area contributed by atoms with Crippen LogP contribution in [-0.2, 0) is 10.0 Å². The van der Waals surface area contributed by atoms with E-state index in [4.69, 9.17) is 5.14 Å². The zero-order chi connectivity index (χ0) is 14.8. The van der Waals surface area contributed by atoms with Gasteiger partial charge in [0, 0.05) is 25.2 Å². The number of nitrogens with one attached hydrogen (secondary N) is 2. The lowest BCUT2D eigenvalue weighted by atomic mass is 10.2. The third kappa shape index (κ3) is 3.89. The van der Waals surface area contributed by atoms with Crippen LogP contribution >= 0.6 is 0 Å². The minimum atomic E-state index is -3.95. The van der Waals surface area contributed by atoms with Crippen LogP contribution in [0.4, 0.5) is 11.4 Å². The molecular weight excluding hydrogens is 284 g/mol. The van der Waals surface area contributed by atoms with Crippen molar-refractivity contribution in [1.29, 1.82) is 0 Å². The van der Waals surface area contributed by atoms with Crippen molar-refractivity contribution in [3.8, 4) is 0 Å². The van der Waals surface area contributed by atoms with Crippen molar-refractivity contribution in [3.63, 3.8) is 0 Å². The molecule has 1 aromatic rings. The van der Waals surface area contributed by atoms with Crippen LogP contribution in [0, 0.1) is 10.1 Å². The van der Waals surface area contributed by atoms with Crippen molar-refractivity contribution >= 4 is 21.4 Å². The summed E-state index contributed by atoms with van der Waals surface area (Å²) in [6, 6.07) is 4.14. The maximum atomic E-state index is 11.2. The minimum absolute atomic E-state index is 0.272. The number of nitrogens with zero attached hydrogens (tertiary/aromatic N) is 1. The van der Waals surface area contributed by atoms with Gasteiger partial charge in [-0.15, -0.1) is 0 Å². The molecule has 0 bridgehead atoms. The Balaban J connectivity index is 2.08. The number of hydrogen-bond acceptors (Lipinski definition) is 6. The molecule has 0 amide bonds. The molecule has 2 rings (SSSR count). The third-order valence-corrected chi connectivity index (χ3v) is 3.86. The first-order valence-corrected chi connectivity index (χ1v) is 7.71. The lowest BCUT2D eigenvalue weighted by Crippen LogP contribution is -2.24. The molecule has 110 valence electrons. The number of anilines is 1. The Labute approximate surface area is 116 Å².